The Morgan fingerprint density at radius 1 is 1.22 bits per heavy atom. The minimum atomic E-state index is 0.621. The maximum absolute atomic E-state index is 3.63. The third kappa shape index (κ3) is 3.71. The van der Waals surface area contributed by atoms with Crippen LogP contribution in [0.25, 0.3) is 0 Å². The molecule has 2 atom stereocenters. The van der Waals surface area contributed by atoms with E-state index in [4.69, 9.17) is 0 Å². The molecule has 0 amide bonds. The lowest BCUT2D eigenvalue weighted by molar-refractivity contribution is 0.0391. The van der Waals surface area contributed by atoms with Crippen LogP contribution in [0.5, 0.6) is 0 Å². The fraction of sp³-hybridized carbons (Fsp3) is 1.00. The van der Waals surface area contributed by atoms with Crippen molar-refractivity contribution in [3.63, 3.8) is 0 Å². The van der Waals surface area contributed by atoms with Gasteiger partial charge < -0.3 is 10.2 Å². The van der Waals surface area contributed by atoms with E-state index in [1.165, 1.54) is 77.5 Å². The SMILES string of the molecule is CCCCCC(C)N1CCCC2(CCCNC2)C1. The van der Waals surface area contributed by atoms with Crippen LogP contribution in [0.2, 0.25) is 0 Å². The summed E-state index contributed by atoms with van der Waals surface area (Å²) in [7, 11) is 0. The van der Waals surface area contributed by atoms with E-state index in [2.05, 4.69) is 24.1 Å². The zero-order chi connectivity index (χ0) is 12.8. The van der Waals surface area contributed by atoms with Gasteiger partial charge in [0.1, 0.15) is 0 Å². The first-order chi connectivity index (χ1) is 8.76. The number of likely N-dealkylation sites (tertiary alicyclic amines) is 1. The number of unbranched alkanes of at least 4 members (excludes halogenated alkanes) is 2. The van der Waals surface area contributed by atoms with E-state index in [1.54, 1.807) is 0 Å². The van der Waals surface area contributed by atoms with Crippen LogP contribution >= 0.6 is 0 Å². The maximum Gasteiger partial charge on any atom is 0.00671 e. The van der Waals surface area contributed by atoms with Gasteiger partial charge in [-0.2, -0.15) is 0 Å². The average Bonchev–Trinajstić information content (AvgIpc) is 2.40. The smallest absolute Gasteiger partial charge is 0.00671 e. The van der Waals surface area contributed by atoms with Gasteiger partial charge in [-0.15, -0.1) is 0 Å². The lowest BCUT2D eigenvalue weighted by Crippen LogP contribution is -2.53. The Kier molecular flexibility index (Phi) is 5.50. The van der Waals surface area contributed by atoms with Gasteiger partial charge in [-0.3, -0.25) is 0 Å². The van der Waals surface area contributed by atoms with Gasteiger partial charge in [0.05, 0.1) is 0 Å². The summed E-state index contributed by atoms with van der Waals surface area (Å²) >= 11 is 0. The molecule has 2 nitrogen and oxygen atoms in total. The lowest BCUT2D eigenvalue weighted by Gasteiger charge is -2.47. The van der Waals surface area contributed by atoms with E-state index in [-0.39, 0.29) is 0 Å². The van der Waals surface area contributed by atoms with Gasteiger partial charge in [0.2, 0.25) is 0 Å². The average molecular weight is 252 g/mol. The van der Waals surface area contributed by atoms with Crippen molar-refractivity contribution in [3.05, 3.63) is 0 Å². The van der Waals surface area contributed by atoms with Crippen LogP contribution in [-0.2, 0) is 0 Å². The molecule has 0 bridgehead atoms. The molecular weight excluding hydrogens is 220 g/mol. The highest BCUT2D eigenvalue weighted by Crippen LogP contribution is 2.36. The molecule has 0 aromatic rings. The van der Waals surface area contributed by atoms with Crippen LogP contribution in [-0.4, -0.2) is 37.1 Å². The molecule has 2 heteroatoms. The highest BCUT2D eigenvalue weighted by atomic mass is 15.2. The fourth-order valence-corrected chi connectivity index (χ4v) is 3.87. The largest absolute Gasteiger partial charge is 0.316 e. The number of hydrogen-bond acceptors (Lipinski definition) is 2. The van der Waals surface area contributed by atoms with Crippen LogP contribution in [0, 0.1) is 5.41 Å². The van der Waals surface area contributed by atoms with Crippen molar-refractivity contribution >= 4 is 0 Å². The number of nitrogens with one attached hydrogen (secondary N) is 1. The van der Waals surface area contributed by atoms with E-state index >= 15 is 0 Å². The molecule has 0 aromatic heterocycles. The second-order valence-electron chi connectivity index (χ2n) is 6.70. The lowest BCUT2D eigenvalue weighted by atomic mass is 9.74. The van der Waals surface area contributed by atoms with Crippen molar-refractivity contribution in [1.29, 1.82) is 0 Å². The zero-order valence-electron chi connectivity index (χ0n) is 12.5. The molecule has 106 valence electrons. The Labute approximate surface area is 114 Å². The molecule has 1 N–H and O–H groups in total. The Balaban J connectivity index is 1.81. The maximum atomic E-state index is 3.63. The molecule has 18 heavy (non-hydrogen) atoms. The molecule has 0 aliphatic carbocycles. The summed E-state index contributed by atoms with van der Waals surface area (Å²) in [5.74, 6) is 0. The summed E-state index contributed by atoms with van der Waals surface area (Å²) in [6.45, 7) is 9.96. The topological polar surface area (TPSA) is 15.3 Å². The van der Waals surface area contributed by atoms with Crippen molar-refractivity contribution in [2.24, 2.45) is 5.41 Å². The third-order valence-corrected chi connectivity index (χ3v) is 5.10. The number of nitrogens with zero attached hydrogens (tertiary/aromatic N) is 1. The van der Waals surface area contributed by atoms with Crippen molar-refractivity contribution in [3.8, 4) is 0 Å². The van der Waals surface area contributed by atoms with Gasteiger partial charge in [-0.05, 0) is 57.5 Å². The van der Waals surface area contributed by atoms with Crippen molar-refractivity contribution in [2.75, 3.05) is 26.2 Å². The Morgan fingerprint density at radius 3 is 2.78 bits per heavy atom. The van der Waals surface area contributed by atoms with Crippen molar-refractivity contribution in [2.45, 2.75) is 71.3 Å². The predicted octanol–water partition coefficient (Wildman–Crippen LogP) is 3.42. The van der Waals surface area contributed by atoms with E-state index in [9.17, 15) is 0 Å². The minimum Gasteiger partial charge on any atom is -0.316 e. The highest BCUT2D eigenvalue weighted by Gasteiger charge is 2.37. The summed E-state index contributed by atoms with van der Waals surface area (Å²) in [5.41, 5.74) is 0.621. The molecule has 2 unspecified atom stereocenters. The van der Waals surface area contributed by atoms with Crippen LogP contribution in [0.4, 0.5) is 0 Å². The molecule has 0 aromatic carbocycles. The minimum absolute atomic E-state index is 0.621. The van der Waals surface area contributed by atoms with Crippen molar-refractivity contribution < 1.29 is 0 Å². The van der Waals surface area contributed by atoms with Crippen molar-refractivity contribution in [1.82, 2.24) is 10.2 Å². The molecule has 0 saturated carbocycles. The first-order valence-electron chi connectivity index (χ1n) is 8.20. The second-order valence-corrected chi connectivity index (χ2v) is 6.70. The standard InChI is InChI=1S/C16H32N2/c1-3-4-5-8-15(2)18-12-7-10-16(14-18)9-6-11-17-13-16/h15,17H,3-14H2,1-2H3. The Bertz CT molecular complexity index is 228. The first kappa shape index (κ1) is 14.3. The van der Waals surface area contributed by atoms with Gasteiger partial charge in [0, 0.05) is 19.1 Å². The second kappa shape index (κ2) is 6.91. The van der Waals surface area contributed by atoms with Gasteiger partial charge >= 0.3 is 0 Å². The first-order valence-corrected chi connectivity index (χ1v) is 8.20. The van der Waals surface area contributed by atoms with E-state index in [0.717, 1.165) is 6.04 Å². The Morgan fingerprint density at radius 2 is 2.06 bits per heavy atom. The van der Waals surface area contributed by atoms with E-state index < -0.39 is 0 Å². The van der Waals surface area contributed by atoms with Crippen LogP contribution < -0.4 is 5.32 Å². The van der Waals surface area contributed by atoms with Crippen LogP contribution in [0.1, 0.15) is 65.2 Å². The molecule has 2 fully saturated rings. The quantitative estimate of drug-likeness (QED) is 0.754. The monoisotopic (exact) mass is 252 g/mol. The molecular formula is C16H32N2. The molecule has 1 spiro atoms. The molecule has 0 radical (unpaired) electrons. The van der Waals surface area contributed by atoms with Gasteiger partial charge in [-0.1, -0.05) is 26.2 Å². The highest BCUT2D eigenvalue weighted by molar-refractivity contribution is 4.92. The number of piperidine rings is 2. The molecule has 2 heterocycles. The summed E-state index contributed by atoms with van der Waals surface area (Å²) < 4.78 is 0. The van der Waals surface area contributed by atoms with Gasteiger partial charge in [-0.25, -0.2) is 0 Å². The molecule has 2 rings (SSSR count). The zero-order valence-corrected chi connectivity index (χ0v) is 12.5. The normalized spacial score (nSPS) is 31.7. The van der Waals surface area contributed by atoms with Crippen LogP contribution in [0.3, 0.4) is 0 Å². The summed E-state index contributed by atoms with van der Waals surface area (Å²) in [6, 6.07) is 0.802. The summed E-state index contributed by atoms with van der Waals surface area (Å²) in [6.07, 6.45) is 11.3. The molecule has 2 saturated heterocycles. The van der Waals surface area contributed by atoms with E-state index in [1.807, 2.05) is 0 Å². The number of rotatable bonds is 5. The molecule has 2 aliphatic heterocycles. The predicted molar refractivity (Wildman–Crippen MR) is 78.9 cm³/mol. The van der Waals surface area contributed by atoms with E-state index in [0.29, 0.717) is 5.41 Å². The fourth-order valence-electron chi connectivity index (χ4n) is 3.87. The van der Waals surface area contributed by atoms with Gasteiger partial charge in [0.25, 0.3) is 0 Å². The van der Waals surface area contributed by atoms with Gasteiger partial charge in [0.15, 0.2) is 0 Å². The summed E-state index contributed by atoms with van der Waals surface area (Å²) in [4.78, 5) is 2.78. The third-order valence-electron chi connectivity index (χ3n) is 5.10. The number of hydrogen-bond donors (Lipinski definition) is 1. The Hall–Kier alpha value is -0.0800. The summed E-state index contributed by atoms with van der Waals surface area (Å²) in [5, 5.41) is 3.63. The molecule has 2 aliphatic rings. The van der Waals surface area contributed by atoms with Crippen LogP contribution in [0.15, 0.2) is 0 Å².